The molecule has 0 aromatic heterocycles. The van der Waals surface area contributed by atoms with Crippen LogP contribution in [0.15, 0.2) is 24.3 Å². The molecule has 1 atom stereocenters. The quantitative estimate of drug-likeness (QED) is 0.774. The van der Waals surface area contributed by atoms with E-state index in [1.807, 2.05) is 6.92 Å². The van der Waals surface area contributed by atoms with Gasteiger partial charge in [-0.3, -0.25) is 4.79 Å². The van der Waals surface area contributed by atoms with Crippen LogP contribution in [-0.2, 0) is 11.0 Å². The first kappa shape index (κ1) is 18.3. The molecule has 0 fully saturated rings. The number of nitrogens with one attached hydrogen (secondary N) is 1. The van der Waals surface area contributed by atoms with Gasteiger partial charge in [0.2, 0.25) is 0 Å². The molecule has 22 heavy (non-hydrogen) atoms. The third kappa shape index (κ3) is 6.34. The van der Waals surface area contributed by atoms with Crippen molar-refractivity contribution in [1.82, 2.24) is 5.32 Å². The summed E-state index contributed by atoms with van der Waals surface area (Å²) in [6, 6.07) is 4.10. The lowest BCUT2D eigenvalue weighted by Crippen LogP contribution is -2.42. The highest BCUT2D eigenvalue weighted by Crippen LogP contribution is 2.30. The Morgan fingerprint density at radius 2 is 1.95 bits per heavy atom. The molecule has 1 amide bonds. The SMILES string of the molecule is CCCCC(CN)NC(=O)COc1ccc(C(F)(F)F)cc1. The van der Waals surface area contributed by atoms with Crippen LogP contribution in [0, 0.1) is 0 Å². The average Bonchev–Trinajstić information content (AvgIpc) is 2.49. The Balaban J connectivity index is 2.43. The molecule has 0 radical (unpaired) electrons. The molecule has 124 valence electrons. The van der Waals surface area contributed by atoms with E-state index >= 15 is 0 Å². The first-order valence-corrected chi connectivity index (χ1v) is 7.16. The molecule has 1 aromatic rings. The maximum absolute atomic E-state index is 12.4. The number of rotatable bonds is 8. The van der Waals surface area contributed by atoms with Crippen LogP contribution in [0.1, 0.15) is 31.7 Å². The Morgan fingerprint density at radius 1 is 1.32 bits per heavy atom. The number of alkyl halides is 3. The number of carbonyl (C=O) groups is 1. The van der Waals surface area contributed by atoms with Gasteiger partial charge in [0.1, 0.15) is 5.75 Å². The van der Waals surface area contributed by atoms with Crippen LogP contribution < -0.4 is 15.8 Å². The highest BCUT2D eigenvalue weighted by molar-refractivity contribution is 5.77. The molecule has 1 aromatic carbocycles. The van der Waals surface area contributed by atoms with Crippen LogP contribution in [0.25, 0.3) is 0 Å². The van der Waals surface area contributed by atoms with Crippen molar-refractivity contribution in [3.63, 3.8) is 0 Å². The maximum atomic E-state index is 12.4. The maximum Gasteiger partial charge on any atom is 0.416 e. The Bertz CT molecular complexity index is 461. The molecule has 0 aliphatic rings. The molecule has 0 aliphatic carbocycles. The first-order chi connectivity index (χ1) is 10.4. The molecule has 0 spiro atoms. The van der Waals surface area contributed by atoms with Crippen molar-refractivity contribution in [2.45, 2.75) is 38.4 Å². The number of nitrogens with two attached hydrogens (primary N) is 1. The van der Waals surface area contributed by atoms with Gasteiger partial charge in [0.15, 0.2) is 6.61 Å². The number of amides is 1. The lowest BCUT2D eigenvalue weighted by atomic mass is 10.1. The molecule has 4 nitrogen and oxygen atoms in total. The van der Waals surface area contributed by atoms with E-state index < -0.39 is 11.7 Å². The lowest BCUT2D eigenvalue weighted by molar-refractivity contribution is -0.137. The summed E-state index contributed by atoms with van der Waals surface area (Å²) in [6.07, 6.45) is -1.63. The van der Waals surface area contributed by atoms with E-state index in [2.05, 4.69) is 5.32 Å². The summed E-state index contributed by atoms with van der Waals surface area (Å²) in [4.78, 5) is 11.7. The summed E-state index contributed by atoms with van der Waals surface area (Å²) in [5.74, 6) is -0.132. The van der Waals surface area contributed by atoms with Crippen molar-refractivity contribution in [3.05, 3.63) is 29.8 Å². The van der Waals surface area contributed by atoms with E-state index in [-0.39, 0.29) is 24.3 Å². The summed E-state index contributed by atoms with van der Waals surface area (Å²) in [7, 11) is 0. The minimum Gasteiger partial charge on any atom is -0.484 e. The van der Waals surface area contributed by atoms with E-state index in [9.17, 15) is 18.0 Å². The van der Waals surface area contributed by atoms with Crippen LogP contribution >= 0.6 is 0 Å². The van der Waals surface area contributed by atoms with Crippen LogP contribution in [-0.4, -0.2) is 25.1 Å². The normalized spacial score (nSPS) is 12.8. The number of halogens is 3. The van der Waals surface area contributed by atoms with Crippen LogP contribution in [0.2, 0.25) is 0 Å². The molecule has 1 unspecified atom stereocenters. The summed E-state index contributed by atoms with van der Waals surface area (Å²) in [5, 5.41) is 2.74. The van der Waals surface area contributed by atoms with Gasteiger partial charge >= 0.3 is 6.18 Å². The van der Waals surface area contributed by atoms with Gasteiger partial charge in [-0.05, 0) is 30.7 Å². The second kappa shape index (κ2) is 8.63. The van der Waals surface area contributed by atoms with Crippen molar-refractivity contribution in [2.24, 2.45) is 5.73 Å². The highest BCUT2D eigenvalue weighted by atomic mass is 19.4. The monoisotopic (exact) mass is 318 g/mol. The average molecular weight is 318 g/mol. The molecule has 7 heteroatoms. The van der Waals surface area contributed by atoms with Gasteiger partial charge < -0.3 is 15.8 Å². The van der Waals surface area contributed by atoms with Gasteiger partial charge in [0.05, 0.1) is 5.56 Å². The molecule has 0 saturated heterocycles. The van der Waals surface area contributed by atoms with Crippen LogP contribution in [0.3, 0.4) is 0 Å². The van der Waals surface area contributed by atoms with Gasteiger partial charge in [-0.15, -0.1) is 0 Å². The van der Waals surface area contributed by atoms with Crippen molar-refractivity contribution in [1.29, 1.82) is 0 Å². The van der Waals surface area contributed by atoms with Gasteiger partial charge in [-0.25, -0.2) is 0 Å². The number of benzene rings is 1. The standard InChI is InChI=1S/C15H21F3N2O2/c1-2-3-4-12(9-19)20-14(21)10-22-13-7-5-11(6-8-13)15(16,17)18/h5-8,12H,2-4,9-10,19H2,1H3,(H,20,21). The molecule has 0 saturated carbocycles. The third-order valence-corrected chi connectivity index (χ3v) is 3.11. The second-order valence-corrected chi connectivity index (χ2v) is 4.95. The molecule has 0 bridgehead atoms. The summed E-state index contributed by atoms with van der Waals surface area (Å²) >= 11 is 0. The Morgan fingerprint density at radius 3 is 2.45 bits per heavy atom. The third-order valence-electron chi connectivity index (χ3n) is 3.11. The number of hydrogen-bond donors (Lipinski definition) is 2. The fraction of sp³-hybridized carbons (Fsp3) is 0.533. The van der Waals surface area contributed by atoms with Gasteiger partial charge in [0, 0.05) is 12.6 Å². The molecular weight excluding hydrogens is 297 g/mol. The van der Waals surface area contributed by atoms with Crippen molar-refractivity contribution in [2.75, 3.05) is 13.2 Å². The van der Waals surface area contributed by atoms with E-state index in [1.54, 1.807) is 0 Å². The van der Waals surface area contributed by atoms with Crippen molar-refractivity contribution < 1.29 is 22.7 Å². The van der Waals surface area contributed by atoms with E-state index in [0.717, 1.165) is 31.4 Å². The smallest absolute Gasteiger partial charge is 0.416 e. The molecule has 0 heterocycles. The van der Waals surface area contributed by atoms with Crippen molar-refractivity contribution in [3.8, 4) is 5.75 Å². The Hall–Kier alpha value is -1.76. The molecular formula is C15H21F3N2O2. The largest absolute Gasteiger partial charge is 0.484 e. The fourth-order valence-corrected chi connectivity index (χ4v) is 1.86. The first-order valence-electron chi connectivity index (χ1n) is 7.16. The zero-order valence-corrected chi connectivity index (χ0v) is 12.5. The number of hydrogen-bond acceptors (Lipinski definition) is 3. The zero-order valence-electron chi connectivity index (χ0n) is 12.5. The van der Waals surface area contributed by atoms with Gasteiger partial charge in [-0.2, -0.15) is 13.2 Å². The number of unbranched alkanes of at least 4 members (excludes halogenated alkanes) is 1. The summed E-state index contributed by atoms with van der Waals surface area (Å²) in [6.45, 7) is 2.13. The summed E-state index contributed by atoms with van der Waals surface area (Å²) < 4.78 is 42.4. The molecule has 3 N–H and O–H groups in total. The highest BCUT2D eigenvalue weighted by Gasteiger charge is 2.30. The van der Waals surface area contributed by atoms with Crippen LogP contribution in [0.4, 0.5) is 13.2 Å². The fourth-order valence-electron chi connectivity index (χ4n) is 1.86. The second-order valence-electron chi connectivity index (χ2n) is 4.95. The van der Waals surface area contributed by atoms with Gasteiger partial charge in [-0.1, -0.05) is 19.8 Å². The predicted octanol–water partition coefficient (Wildman–Crippen LogP) is 2.72. The lowest BCUT2D eigenvalue weighted by Gasteiger charge is -2.16. The molecule has 1 rings (SSSR count). The molecule has 0 aliphatic heterocycles. The number of carbonyl (C=O) groups excluding carboxylic acids is 1. The topological polar surface area (TPSA) is 64.3 Å². The number of ether oxygens (including phenoxy) is 1. The Labute approximate surface area is 127 Å². The van der Waals surface area contributed by atoms with Crippen molar-refractivity contribution >= 4 is 5.91 Å². The summed E-state index contributed by atoms with van der Waals surface area (Å²) in [5.41, 5.74) is 4.81. The Kier molecular flexibility index (Phi) is 7.17. The van der Waals surface area contributed by atoms with E-state index in [1.165, 1.54) is 12.1 Å². The van der Waals surface area contributed by atoms with Gasteiger partial charge in [0.25, 0.3) is 5.91 Å². The van der Waals surface area contributed by atoms with E-state index in [0.29, 0.717) is 6.54 Å². The predicted molar refractivity (Wildman–Crippen MR) is 77.4 cm³/mol. The van der Waals surface area contributed by atoms with E-state index in [4.69, 9.17) is 10.5 Å². The minimum atomic E-state index is -4.39. The minimum absolute atomic E-state index is 0.108. The van der Waals surface area contributed by atoms with Crippen LogP contribution in [0.5, 0.6) is 5.75 Å². The zero-order chi connectivity index (χ0) is 16.6.